The summed E-state index contributed by atoms with van der Waals surface area (Å²) in [6, 6.07) is -0.148. The molecule has 6 nitrogen and oxygen atoms in total. The van der Waals surface area contributed by atoms with Gasteiger partial charge in [-0.15, -0.1) is 11.3 Å². The van der Waals surface area contributed by atoms with Crippen LogP contribution in [0.1, 0.15) is 23.5 Å². The van der Waals surface area contributed by atoms with Gasteiger partial charge in [0.2, 0.25) is 0 Å². The number of hydrogen-bond donors (Lipinski definition) is 2. The average Bonchev–Trinajstić information content (AvgIpc) is 3.07. The molecule has 2 amide bonds. The molecule has 0 radical (unpaired) electrons. The predicted molar refractivity (Wildman–Crippen MR) is 78.9 cm³/mol. The van der Waals surface area contributed by atoms with E-state index >= 15 is 0 Å². The van der Waals surface area contributed by atoms with Gasteiger partial charge in [-0.25, -0.2) is 14.8 Å². The van der Waals surface area contributed by atoms with Gasteiger partial charge < -0.3 is 15.2 Å². The monoisotopic (exact) mass is 293 g/mol. The Kier molecular flexibility index (Phi) is 5.11. The molecule has 0 aliphatic heterocycles. The summed E-state index contributed by atoms with van der Waals surface area (Å²) in [5.41, 5.74) is 1.03. The van der Waals surface area contributed by atoms with E-state index in [1.165, 1.54) is 0 Å². The maximum absolute atomic E-state index is 11.6. The van der Waals surface area contributed by atoms with Gasteiger partial charge in [0.15, 0.2) is 0 Å². The van der Waals surface area contributed by atoms with Gasteiger partial charge in [0, 0.05) is 49.0 Å². The zero-order valence-electron chi connectivity index (χ0n) is 11.7. The maximum Gasteiger partial charge on any atom is 0.314 e. The Balaban J connectivity index is 1.64. The number of imidazole rings is 1. The lowest BCUT2D eigenvalue weighted by Crippen LogP contribution is -2.38. The topological polar surface area (TPSA) is 71.8 Å². The van der Waals surface area contributed by atoms with Crippen molar-refractivity contribution in [3.05, 3.63) is 34.8 Å². The molecule has 2 heterocycles. The van der Waals surface area contributed by atoms with E-state index < -0.39 is 0 Å². The molecule has 0 bridgehead atoms. The highest BCUT2D eigenvalue weighted by Gasteiger charge is 2.10. The Hall–Kier alpha value is -1.89. The van der Waals surface area contributed by atoms with E-state index in [1.54, 1.807) is 23.9 Å². The molecule has 0 unspecified atom stereocenters. The second-order valence-corrected chi connectivity index (χ2v) is 5.56. The molecule has 20 heavy (non-hydrogen) atoms. The summed E-state index contributed by atoms with van der Waals surface area (Å²) in [7, 11) is 0. The van der Waals surface area contributed by atoms with Gasteiger partial charge in [-0.1, -0.05) is 6.92 Å². The highest BCUT2D eigenvalue weighted by molar-refractivity contribution is 7.09. The van der Waals surface area contributed by atoms with Crippen molar-refractivity contribution in [1.29, 1.82) is 0 Å². The second kappa shape index (κ2) is 7.04. The first-order valence-corrected chi connectivity index (χ1v) is 7.42. The predicted octanol–water partition coefficient (Wildman–Crippen LogP) is 1.75. The lowest BCUT2D eigenvalue weighted by atomic mass is 10.2. The summed E-state index contributed by atoms with van der Waals surface area (Å²) >= 11 is 1.63. The molecular weight excluding hydrogens is 274 g/mol. The zero-order chi connectivity index (χ0) is 14.4. The number of amides is 2. The van der Waals surface area contributed by atoms with Gasteiger partial charge in [0.25, 0.3) is 0 Å². The molecule has 0 fully saturated rings. The minimum absolute atomic E-state index is 0.148. The van der Waals surface area contributed by atoms with Crippen molar-refractivity contribution in [3.8, 4) is 0 Å². The third-order valence-electron chi connectivity index (χ3n) is 2.84. The Labute approximate surface area is 122 Å². The normalized spacial score (nSPS) is 12.1. The van der Waals surface area contributed by atoms with E-state index in [0.29, 0.717) is 19.6 Å². The van der Waals surface area contributed by atoms with Gasteiger partial charge in [-0.2, -0.15) is 0 Å². The van der Waals surface area contributed by atoms with Crippen LogP contribution in [0, 0.1) is 6.92 Å². The highest BCUT2D eigenvalue weighted by Crippen LogP contribution is 2.18. The molecule has 2 rings (SSSR count). The Bertz CT molecular complexity index is 537. The van der Waals surface area contributed by atoms with Gasteiger partial charge in [0.1, 0.15) is 0 Å². The fourth-order valence-corrected chi connectivity index (χ4v) is 2.57. The number of thiazole rings is 1. The van der Waals surface area contributed by atoms with Gasteiger partial charge in [-0.3, -0.25) is 0 Å². The zero-order valence-corrected chi connectivity index (χ0v) is 12.5. The largest absolute Gasteiger partial charge is 0.337 e. The van der Waals surface area contributed by atoms with Crippen LogP contribution in [0.25, 0.3) is 0 Å². The molecule has 0 aliphatic rings. The van der Waals surface area contributed by atoms with Crippen LogP contribution in [-0.4, -0.2) is 33.7 Å². The lowest BCUT2D eigenvalue weighted by molar-refractivity contribution is 0.240. The minimum Gasteiger partial charge on any atom is -0.337 e. The summed E-state index contributed by atoms with van der Waals surface area (Å²) in [6.45, 7) is 5.92. The average molecular weight is 293 g/mol. The van der Waals surface area contributed by atoms with E-state index in [-0.39, 0.29) is 11.9 Å². The van der Waals surface area contributed by atoms with Crippen LogP contribution in [0.2, 0.25) is 0 Å². The van der Waals surface area contributed by atoms with Crippen LogP contribution in [-0.2, 0) is 6.54 Å². The number of carbonyl (C=O) groups excluding carboxylic acids is 1. The molecule has 108 valence electrons. The summed E-state index contributed by atoms with van der Waals surface area (Å²) in [5, 5.41) is 8.76. The molecule has 0 aliphatic carbocycles. The van der Waals surface area contributed by atoms with Crippen molar-refractivity contribution in [3.63, 3.8) is 0 Å². The molecule has 0 spiro atoms. The number of nitrogens with one attached hydrogen (secondary N) is 2. The molecule has 0 saturated carbocycles. The van der Waals surface area contributed by atoms with Gasteiger partial charge in [-0.05, 0) is 6.92 Å². The number of aryl methyl sites for hydroxylation is 1. The first-order valence-electron chi connectivity index (χ1n) is 6.54. The molecule has 0 saturated heterocycles. The Morgan fingerprint density at radius 3 is 3.00 bits per heavy atom. The van der Waals surface area contributed by atoms with E-state index in [0.717, 1.165) is 10.7 Å². The number of aromatic nitrogens is 3. The highest BCUT2D eigenvalue weighted by atomic mass is 32.1. The standard InChI is InChI=1S/C13H19N5OS/c1-10(12-17-11(2)8-20-12)7-16-13(19)15-4-6-18-5-3-14-9-18/h3,5,8-10H,4,6-7H2,1-2H3,(H2,15,16,19)/t10-/m1/s1. The van der Waals surface area contributed by atoms with Crippen LogP contribution in [0.3, 0.4) is 0 Å². The van der Waals surface area contributed by atoms with Crippen LogP contribution in [0.15, 0.2) is 24.1 Å². The van der Waals surface area contributed by atoms with Crippen molar-refractivity contribution in [2.24, 2.45) is 0 Å². The van der Waals surface area contributed by atoms with Crippen LogP contribution < -0.4 is 10.6 Å². The molecular formula is C13H19N5OS. The van der Waals surface area contributed by atoms with Crippen molar-refractivity contribution >= 4 is 17.4 Å². The summed E-state index contributed by atoms with van der Waals surface area (Å²) < 4.78 is 1.92. The van der Waals surface area contributed by atoms with Crippen molar-refractivity contribution < 1.29 is 4.79 Å². The van der Waals surface area contributed by atoms with Crippen LogP contribution >= 0.6 is 11.3 Å². The van der Waals surface area contributed by atoms with Gasteiger partial charge >= 0.3 is 6.03 Å². The minimum atomic E-state index is -0.148. The molecule has 2 aromatic heterocycles. The van der Waals surface area contributed by atoms with E-state index in [9.17, 15) is 4.79 Å². The smallest absolute Gasteiger partial charge is 0.314 e. The SMILES string of the molecule is Cc1csc([C@H](C)CNC(=O)NCCn2ccnc2)n1. The van der Waals surface area contributed by atoms with E-state index in [4.69, 9.17) is 0 Å². The maximum atomic E-state index is 11.6. The van der Waals surface area contributed by atoms with Crippen LogP contribution in [0.4, 0.5) is 4.79 Å². The van der Waals surface area contributed by atoms with Crippen molar-refractivity contribution in [1.82, 2.24) is 25.2 Å². The fraction of sp³-hybridized carbons (Fsp3) is 0.462. The van der Waals surface area contributed by atoms with Crippen molar-refractivity contribution in [2.45, 2.75) is 26.3 Å². The number of nitrogens with zero attached hydrogens (tertiary/aromatic N) is 3. The summed E-state index contributed by atoms with van der Waals surface area (Å²) in [5.74, 6) is 0.230. The Morgan fingerprint density at radius 1 is 1.50 bits per heavy atom. The Morgan fingerprint density at radius 2 is 2.35 bits per heavy atom. The van der Waals surface area contributed by atoms with E-state index in [2.05, 4.69) is 27.5 Å². The second-order valence-electron chi connectivity index (χ2n) is 4.67. The number of rotatable bonds is 6. The van der Waals surface area contributed by atoms with Crippen molar-refractivity contribution in [2.75, 3.05) is 13.1 Å². The molecule has 0 aromatic carbocycles. The number of carbonyl (C=O) groups is 1. The summed E-state index contributed by atoms with van der Waals surface area (Å²) in [4.78, 5) is 20.0. The molecule has 2 aromatic rings. The third-order valence-corrected chi connectivity index (χ3v) is 4.04. The van der Waals surface area contributed by atoms with Crippen LogP contribution in [0.5, 0.6) is 0 Å². The molecule has 7 heteroatoms. The summed E-state index contributed by atoms with van der Waals surface area (Å²) in [6.07, 6.45) is 5.32. The van der Waals surface area contributed by atoms with Gasteiger partial charge in [0.05, 0.1) is 11.3 Å². The first-order chi connectivity index (χ1) is 9.65. The van der Waals surface area contributed by atoms with E-state index in [1.807, 2.05) is 23.1 Å². The first kappa shape index (κ1) is 14.5. The molecule has 1 atom stereocenters. The number of hydrogen-bond acceptors (Lipinski definition) is 4. The lowest BCUT2D eigenvalue weighted by Gasteiger charge is -2.11. The number of urea groups is 1. The molecule has 2 N–H and O–H groups in total. The third kappa shape index (κ3) is 4.34. The fourth-order valence-electron chi connectivity index (χ4n) is 1.71. The quantitative estimate of drug-likeness (QED) is 0.852.